The van der Waals surface area contributed by atoms with Gasteiger partial charge in [-0.05, 0) is 12.8 Å². The fraction of sp³-hybridized carbons (Fsp3) is 0.923. The van der Waals surface area contributed by atoms with Crippen molar-refractivity contribution in [2.45, 2.75) is 37.9 Å². The molecule has 2 rings (SSSR count). The average molecular weight is 294 g/mol. The summed E-state index contributed by atoms with van der Waals surface area (Å²) < 4.78 is 42.2. The van der Waals surface area contributed by atoms with E-state index in [0.29, 0.717) is 26.3 Å². The Bertz CT molecular complexity index is 326. The number of carbonyl (C=O) groups excluding carboxylic acids is 1. The van der Waals surface area contributed by atoms with Gasteiger partial charge in [-0.25, -0.2) is 0 Å². The summed E-state index contributed by atoms with van der Waals surface area (Å²) in [6, 6.07) is 0.141. The van der Waals surface area contributed by atoms with Crippen LogP contribution in [0.3, 0.4) is 0 Å². The molecule has 1 heterocycles. The Hall–Kier alpha value is -0.820. The molecule has 1 aliphatic heterocycles. The molecule has 0 spiro atoms. The molecule has 116 valence electrons. The lowest BCUT2D eigenvalue weighted by Crippen LogP contribution is -2.50. The SMILES string of the molecule is O=C(CN(CCC(F)(F)F)C1CCC1)N1CCOCC1. The van der Waals surface area contributed by atoms with E-state index in [4.69, 9.17) is 4.74 Å². The normalized spacial score (nSPS) is 21.1. The van der Waals surface area contributed by atoms with Gasteiger partial charge in [0.05, 0.1) is 26.2 Å². The maximum Gasteiger partial charge on any atom is 0.390 e. The lowest BCUT2D eigenvalue weighted by molar-refractivity contribution is -0.146. The molecule has 1 aliphatic carbocycles. The van der Waals surface area contributed by atoms with Crippen molar-refractivity contribution >= 4 is 5.91 Å². The Morgan fingerprint density at radius 2 is 1.90 bits per heavy atom. The number of rotatable bonds is 5. The maximum atomic E-state index is 12.4. The van der Waals surface area contributed by atoms with E-state index in [-0.39, 0.29) is 25.0 Å². The van der Waals surface area contributed by atoms with E-state index < -0.39 is 12.6 Å². The van der Waals surface area contributed by atoms with E-state index in [1.54, 1.807) is 9.80 Å². The van der Waals surface area contributed by atoms with Gasteiger partial charge in [0, 0.05) is 25.7 Å². The molecule has 0 aromatic heterocycles. The van der Waals surface area contributed by atoms with E-state index in [9.17, 15) is 18.0 Å². The van der Waals surface area contributed by atoms with Gasteiger partial charge in [0.15, 0.2) is 0 Å². The van der Waals surface area contributed by atoms with Crippen LogP contribution >= 0.6 is 0 Å². The predicted molar refractivity (Wildman–Crippen MR) is 67.3 cm³/mol. The fourth-order valence-corrected chi connectivity index (χ4v) is 2.50. The third-order valence-electron chi connectivity index (χ3n) is 3.98. The summed E-state index contributed by atoms with van der Waals surface area (Å²) in [6.45, 7) is 2.12. The molecule has 2 fully saturated rings. The number of hydrogen-bond acceptors (Lipinski definition) is 3. The predicted octanol–water partition coefficient (Wildman–Crippen LogP) is 1.65. The Morgan fingerprint density at radius 1 is 1.25 bits per heavy atom. The number of halogens is 3. The summed E-state index contributed by atoms with van der Waals surface area (Å²) >= 11 is 0. The number of nitrogens with zero attached hydrogens (tertiary/aromatic N) is 2. The lowest BCUT2D eigenvalue weighted by atomic mass is 9.91. The van der Waals surface area contributed by atoms with E-state index in [1.165, 1.54) is 0 Å². The molecular weight excluding hydrogens is 273 g/mol. The van der Waals surface area contributed by atoms with Gasteiger partial charge in [0.25, 0.3) is 0 Å². The van der Waals surface area contributed by atoms with Gasteiger partial charge < -0.3 is 9.64 Å². The van der Waals surface area contributed by atoms with Gasteiger partial charge in [-0.3, -0.25) is 9.69 Å². The van der Waals surface area contributed by atoms with Crippen LogP contribution in [0.25, 0.3) is 0 Å². The van der Waals surface area contributed by atoms with Crippen LogP contribution in [0.15, 0.2) is 0 Å². The van der Waals surface area contributed by atoms with E-state index in [0.717, 1.165) is 19.3 Å². The third-order valence-corrected chi connectivity index (χ3v) is 3.98. The van der Waals surface area contributed by atoms with Gasteiger partial charge in [-0.2, -0.15) is 13.2 Å². The van der Waals surface area contributed by atoms with Crippen molar-refractivity contribution < 1.29 is 22.7 Å². The maximum absolute atomic E-state index is 12.4. The van der Waals surface area contributed by atoms with Crippen molar-refractivity contribution in [3.05, 3.63) is 0 Å². The number of alkyl halides is 3. The number of carbonyl (C=O) groups is 1. The zero-order valence-corrected chi connectivity index (χ0v) is 11.5. The summed E-state index contributed by atoms with van der Waals surface area (Å²) in [4.78, 5) is 15.5. The molecular formula is C13H21F3N2O2. The first kappa shape index (κ1) is 15.6. The van der Waals surface area contributed by atoms with Crippen LogP contribution in [0.1, 0.15) is 25.7 Å². The summed E-state index contributed by atoms with van der Waals surface area (Å²) in [6.07, 6.45) is -2.18. The number of hydrogen-bond donors (Lipinski definition) is 0. The molecule has 0 bridgehead atoms. The summed E-state index contributed by atoms with van der Waals surface area (Å²) in [5.74, 6) is -0.0811. The average Bonchev–Trinajstić information content (AvgIpc) is 2.34. The molecule has 0 radical (unpaired) electrons. The Morgan fingerprint density at radius 3 is 2.40 bits per heavy atom. The monoisotopic (exact) mass is 294 g/mol. The number of amides is 1. The Labute approximate surface area is 116 Å². The van der Waals surface area contributed by atoms with E-state index in [1.807, 2.05) is 0 Å². The van der Waals surface area contributed by atoms with Gasteiger partial charge in [-0.15, -0.1) is 0 Å². The van der Waals surface area contributed by atoms with Gasteiger partial charge >= 0.3 is 6.18 Å². The van der Waals surface area contributed by atoms with Crippen molar-refractivity contribution in [2.75, 3.05) is 39.4 Å². The largest absolute Gasteiger partial charge is 0.390 e. The van der Waals surface area contributed by atoms with Gasteiger partial charge in [-0.1, -0.05) is 6.42 Å². The van der Waals surface area contributed by atoms with Crippen molar-refractivity contribution in [3.63, 3.8) is 0 Å². The Kier molecular flexibility index (Phi) is 5.26. The van der Waals surface area contributed by atoms with E-state index in [2.05, 4.69) is 0 Å². The smallest absolute Gasteiger partial charge is 0.378 e. The minimum absolute atomic E-state index is 0.0791. The second-order valence-corrected chi connectivity index (χ2v) is 5.41. The molecule has 20 heavy (non-hydrogen) atoms. The topological polar surface area (TPSA) is 32.8 Å². The molecule has 1 amide bonds. The second-order valence-electron chi connectivity index (χ2n) is 5.41. The van der Waals surface area contributed by atoms with Crippen molar-refractivity contribution in [3.8, 4) is 0 Å². The minimum Gasteiger partial charge on any atom is -0.378 e. The quantitative estimate of drug-likeness (QED) is 0.773. The number of ether oxygens (including phenoxy) is 1. The van der Waals surface area contributed by atoms with Crippen LogP contribution in [-0.2, 0) is 9.53 Å². The third kappa shape index (κ3) is 4.63. The Balaban J connectivity index is 1.84. The minimum atomic E-state index is -4.16. The van der Waals surface area contributed by atoms with Crippen LogP contribution in [0.5, 0.6) is 0 Å². The van der Waals surface area contributed by atoms with Crippen molar-refractivity contribution in [1.82, 2.24) is 9.80 Å². The van der Waals surface area contributed by atoms with Crippen LogP contribution < -0.4 is 0 Å². The molecule has 1 saturated heterocycles. The highest BCUT2D eigenvalue weighted by Crippen LogP contribution is 2.27. The zero-order valence-electron chi connectivity index (χ0n) is 11.5. The lowest BCUT2D eigenvalue weighted by Gasteiger charge is -2.38. The highest BCUT2D eigenvalue weighted by Gasteiger charge is 2.33. The first-order chi connectivity index (χ1) is 9.46. The first-order valence-electron chi connectivity index (χ1n) is 7.12. The summed E-state index contributed by atoms with van der Waals surface area (Å²) in [5.41, 5.74) is 0. The standard InChI is InChI=1S/C13H21F3N2O2/c14-13(15,16)4-5-18(11-2-1-3-11)10-12(19)17-6-8-20-9-7-17/h11H,1-10H2. The molecule has 2 aliphatic rings. The highest BCUT2D eigenvalue weighted by molar-refractivity contribution is 5.78. The molecule has 1 saturated carbocycles. The molecule has 0 atom stereocenters. The van der Waals surface area contributed by atoms with Gasteiger partial charge in [0.1, 0.15) is 0 Å². The van der Waals surface area contributed by atoms with Crippen molar-refractivity contribution in [1.29, 1.82) is 0 Å². The summed E-state index contributed by atoms with van der Waals surface area (Å²) in [7, 11) is 0. The molecule has 4 nitrogen and oxygen atoms in total. The highest BCUT2D eigenvalue weighted by atomic mass is 19.4. The molecule has 0 aromatic rings. The van der Waals surface area contributed by atoms with Crippen LogP contribution in [0.2, 0.25) is 0 Å². The molecule has 0 aromatic carbocycles. The molecule has 0 N–H and O–H groups in total. The number of morpholine rings is 1. The van der Waals surface area contributed by atoms with Gasteiger partial charge in [0.2, 0.25) is 5.91 Å². The van der Waals surface area contributed by atoms with E-state index >= 15 is 0 Å². The zero-order chi connectivity index (χ0) is 14.6. The van der Waals surface area contributed by atoms with Crippen LogP contribution in [0.4, 0.5) is 13.2 Å². The second kappa shape index (κ2) is 6.76. The molecule has 0 unspecified atom stereocenters. The van der Waals surface area contributed by atoms with Crippen molar-refractivity contribution in [2.24, 2.45) is 0 Å². The molecule has 7 heteroatoms. The summed E-state index contributed by atoms with van der Waals surface area (Å²) in [5, 5.41) is 0. The van der Waals surface area contributed by atoms with Crippen LogP contribution in [0, 0.1) is 0 Å². The van der Waals surface area contributed by atoms with Crippen LogP contribution in [-0.4, -0.2) is 67.3 Å². The fourth-order valence-electron chi connectivity index (χ4n) is 2.50. The first-order valence-corrected chi connectivity index (χ1v) is 7.12.